The fraction of sp³-hybridized carbons (Fsp3) is 0.233. The van der Waals surface area contributed by atoms with Crippen LogP contribution in [0.25, 0.3) is 44.5 Å². The van der Waals surface area contributed by atoms with Crippen molar-refractivity contribution >= 4 is 39.8 Å². The molecule has 2 N–H and O–H groups in total. The molecule has 0 spiro atoms. The summed E-state index contributed by atoms with van der Waals surface area (Å²) in [6.45, 7) is 27.9. The molecule has 0 fully saturated rings. The van der Waals surface area contributed by atoms with Crippen LogP contribution in [0, 0.1) is 0 Å². The van der Waals surface area contributed by atoms with Gasteiger partial charge in [-0.2, -0.15) is 0 Å². The zero-order valence-corrected chi connectivity index (χ0v) is 53.9. The number of hydrogen-bond acceptors (Lipinski definition) is 3. The average molecular weight is 1160 g/mol. The number of anilines is 7. The molecule has 89 heavy (non-hydrogen) atoms. The smallest absolute Gasteiger partial charge is 0.0540 e. The maximum absolute atomic E-state index is 7.21. The van der Waals surface area contributed by atoms with E-state index in [1.54, 1.807) is 0 Å². The first-order valence-corrected chi connectivity index (χ1v) is 32.3. The lowest BCUT2D eigenvalue weighted by Gasteiger charge is -2.47. The summed E-state index contributed by atoms with van der Waals surface area (Å²) in [6, 6.07) is 87.2. The molecule has 15 rings (SSSR count). The predicted octanol–water partition coefficient (Wildman–Crippen LogP) is 22.9. The van der Waals surface area contributed by atoms with E-state index >= 15 is 0 Å². The highest BCUT2D eigenvalue weighted by molar-refractivity contribution is 6.03. The highest BCUT2D eigenvalue weighted by Gasteiger charge is 2.44. The third kappa shape index (κ3) is 9.45. The normalized spacial score (nSPS) is 14.9. The molecule has 0 saturated carbocycles. The number of nitrogen functional groups attached to an aromatic ring is 1. The summed E-state index contributed by atoms with van der Waals surface area (Å²) in [5.41, 5.74) is 43.0. The Morgan fingerprint density at radius 3 is 1.30 bits per heavy atom. The van der Waals surface area contributed by atoms with Gasteiger partial charge in [0.1, 0.15) is 0 Å². The Bertz CT molecular complexity index is 4610. The van der Waals surface area contributed by atoms with Crippen LogP contribution in [0.4, 0.5) is 39.8 Å². The maximum atomic E-state index is 7.21. The van der Waals surface area contributed by atoms with E-state index in [4.69, 9.17) is 5.73 Å². The minimum atomic E-state index is -0.172. The van der Waals surface area contributed by atoms with E-state index < -0.39 is 0 Å². The standard InChI is InChI=1S/C86H81N3/c1-83(2,3)60-33-28-52(29-34-60)70-49-62(85(7,8)9)37-42-73(70)88-75-41-32-57(68-27-19-23-58-45-56-22-15-16-24-65(56)79(58)68)46-72(75)81-69-40-39-64(87)51-76(69)89(74-43-38-63(86(10,11)12)50-71(74)53-30-35-61(36-31-53)84(4,5)6)78-48-59(47-77(88)82(78)81)80-66-25-17-13-20-54(66)44-55-21-14-18-26-67(55)80/h13-43,46-51,80-81H,44-45,87H2,1-12H3. The molecule has 11 aromatic rings. The van der Waals surface area contributed by atoms with Crippen LogP contribution < -0.4 is 15.5 Å². The minimum Gasteiger partial charge on any atom is -0.399 e. The molecule has 0 saturated heterocycles. The van der Waals surface area contributed by atoms with E-state index in [0.29, 0.717) is 0 Å². The molecule has 3 heteroatoms. The summed E-state index contributed by atoms with van der Waals surface area (Å²) < 4.78 is 0. The van der Waals surface area contributed by atoms with E-state index in [2.05, 4.69) is 317 Å². The summed E-state index contributed by atoms with van der Waals surface area (Å²) in [4.78, 5) is 5.30. The summed E-state index contributed by atoms with van der Waals surface area (Å²) in [7, 11) is 0. The van der Waals surface area contributed by atoms with Gasteiger partial charge in [-0.25, -0.2) is 0 Å². The summed E-state index contributed by atoms with van der Waals surface area (Å²) in [5, 5.41) is 0. The van der Waals surface area contributed by atoms with Crippen molar-refractivity contribution in [2.45, 2.75) is 129 Å². The molecule has 4 aliphatic rings. The largest absolute Gasteiger partial charge is 0.399 e. The van der Waals surface area contributed by atoms with Crippen molar-refractivity contribution in [2.24, 2.45) is 0 Å². The van der Waals surface area contributed by atoms with Crippen molar-refractivity contribution in [3.8, 4) is 44.5 Å². The maximum Gasteiger partial charge on any atom is 0.0540 e. The van der Waals surface area contributed by atoms with E-state index in [0.717, 1.165) is 41.3 Å². The number of fused-ring (bicyclic) bond motifs is 9. The van der Waals surface area contributed by atoms with Crippen LogP contribution in [0.3, 0.4) is 0 Å². The van der Waals surface area contributed by atoms with Crippen LogP contribution in [0.15, 0.2) is 224 Å². The van der Waals surface area contributed by atoms with E-state index in [1.807, 2.05) is 0 Å². The third-order valence-electron chi connectivity index (χ3n) is 20.0. The summed E-state index contributed by atoms with van der Waals surface area (Å²) in [5.74, 6) is -0.219. The van der Waals surface area contributed by atoms with Gasteiger partial charge in [0.15, 0.2) is 0 Å². The summed E-state index contributed by atoms with van der Waals surface area (Å²) >= 11 is 0. The van der Waals surface area contributed by atoms with Crippen molar-refractivity contribution < 1.29 is 0 Å². The molecule has 2 aliphatic carbocycles. The van der Waals surface area contributed by atoms with Crippen molar-refractivity contribution in [2.75, 3.05) is 15.5 Å². The number of benzene rings is 11. The fourth-order valence-electron chi connectivity index (χ4n) is 15.2. The van der Waals surface area contributed by atoms with Gasteiger partial charge >= 0.3 is 0 Å². The molecule has 3 nitrogen and oxygen atoms in total. The minimum absolute atomic E-state index is 0.000400. The van der Waals surface area contributed by atoms with Crippen LogP contribution in [0.1, 0.15) is 173 Å². The number of nitrogens with two attached hydrogens (primary N) is 1. The van der Waals surface area contributed by atoms with Gasteiger partial charge in [0, 0.05) is 34.2 Å². The molecule has 0 radical (unpaired) electrons. The quantitative estimate of drug-likeness (QED) is 0.168. The Kier molecular flexibility index (Phi) is 12.9. The predicted molar refractivity (Wildman–Crippen MR) is 377 cm³/mol. The molecular weight excluding hydrogens is 1070 g/mol. The van der Waals surface area contributed by atoms with Crippen LogP contribution in [-0.4, -0.2) is 0 Å². The van der Waals surface area contributed by atoms with Crippen LogP contribution >= 0.6 is 0 Å². The second-order valence-corrected chi connectivity index (χ2v) is 30.0. The second-order valence-electron chi connectivity index (χ2n) is 30.0. The highest BCUT2D eigenvalue weighted by Crippen LogP contribution is 2.64. The van der Waals surface area contributed by atoms with Crippen molar-refractivity contribution in [3.05, 3.63) is 302 Å². The molecule has 0 amide bonds. The molecule has 2 heterocycles. The lowest BCUT2D eigenvalue weighted by Crippen LogP contribution is -2.30. The molecule has 1 atom stereocenters. The topological polar surface area (TPSA) is 32.5 Å². The van der Waals surface area contributed by atoms with Gasteiger partial charge in [0.25, 0.3) is 0 Å². The number of rotatable bonds is 6. The van der Waals surface area contributed by atoms with E-state index in [1.165, 1.54) is 134 Å². The first-order chi connectivity index (χ1) is 42.6. The molecule has 440 valence electrons. The molecule has 1 unspecified atom stereocenters. The Labute approximate surface area is 528 Å². The highest BCUT2D eigenvalue weighted by atomic mass is 15.2. The van der Waals surface area contributed by atoms with Gasteiger partial charge in [-0.1, -0.05) is 247 Å². The van der Waals surface area contributed by atoms with Crippen molar-refractivity contribution in [1.29, 1.82) is 0 Å². The van der Waals surface area contributed by atoms with E-state index in [-0.39, 0.29) is 33.5 Å². The zero-order chi connectivity index (χ0) is 61.6. The monoisotopic (exact) mass is 1160 g/mol. The molecule has 11 aromatic carbocycles. The lowest BCUT2D eigenvalue weighted by atomic mass is 9.71. The number of nitrogens with zero attached hydrogens (tertiary/aromatic N) is 2. The number of hydrogen-bond donors (Lipinski definition) is 1. The Morgan fingerprint density at radius 1 is 0.303 bits per heavy atom. The Balaban J connectivity index is 1.08. The lowest BCUT2D eigenvalue weighted by molar-refractivity contribution is 0.589. The third-order valence-corrected chi connectivity index (χ3v) is 20.0. The van der Waals surface area contributed by atoms with Gasteiger partial charge < -0.3 is 15.5 Å². The van der Waals surface area contributed by atoms with Crippen molar-refractivity contribution in [1.82, 2.24) is 0 Å². The van der Waals surface area contributed by atoms with Gasteiger partial charge in [-0.05, 0) is 201 Å². The van der Waals surface area contributed by atoms with Crippen LogP contribution in [0.2, 0.25) is 0 Å². The first kappa shape index (κ1) is 56.3. The first-order valence-electron chi connectivity index (χ1n) is 32.3. The van der Waals surface area contributed by atoms with Gasteiger partial charge in [0.2, 0.25) is 0 Å². The Hall–Kier alpha value is -9.18. The fourth-order valence-corrected chi connectivity index (χ4v) is 15.2. The average Bonchev–Trinajstić information content (AvgIpc) is 1.08. The van der Waals surface area contributed by atoms with Gasteiger partial charge in [-0.3, -0.25) is 0 Å². The molecular formula is C86H81N3. The Morgan fingerprint density at radius 2 is 0.753 bits per heavy atom. The van der Waals surface area contributed by atoms with Crippen LogP contribution in [-0.2, 0) is 34.5 Å². The van der Waals surface area contributed by atoms with E-state index in [9.17, 15) is 0 Å². The zero-order valence-electron chi connectivity index (χ0n) is 53.9. The summed E-state index contributed by atoms with van der Waals surface area (Å²) in [6.07, 6.45) is 1.83. The molecule has 2 aliphatic heterocycles. The second kappa shape index (κ2) is 20.4. The van der Waals surface area contributed by atoms with Gasteiger partial charge in [0.05, 0.1) is 34.1 Å². The molecule has 0 aromatic heterocycles. The molecule has 0 bridgehead atoms. The van der Waals surface area contributed by atoms with Gasteiger partial charge in [-0.15, -0.1) is 0 Å². The van der Waals surface area contributed by atoms with Crippen LogP contribution in [0.5, 0.6) is 0 Å². The van der Waals surface area contributed by atoms with Crippen molar-refractivity contribution in [3.63, 3.8) is 0 Å². The SMILES string of the molecule is CC(C)(C)c1ccc(-c2cc(C(C)(C)C)ccc2N2c3ccc(-c4cccc5c4-c4ccccc4C5)cc3C3c4ccc(N)cc4N(c4ccc(C(C)(C)C)cc4-c4ccc(C(C)(C)C)cc4)c4cc(C5c6ccccc6Cc6ccccc65)cc2c43)cc1.